The van der Waals surface area contributed by atoms with E-state index in [-0.39, 0.29) is 11.5 Å². The first-order valence-corrected chi connectivity index (χ1v) is 11.1. The average Bonchev–Trinajstić information content (AvgIpc) is 3.25. The number of aromatic nitrogens is 3. The summed E-state index contributed by atoms with van der Waals surface area (Å²) in [5.74, 6) is 0.428. The Morgan fingerprint density at radius 3 is 2.39 bits per heavy atom. The number of hydrogen-bond acceptors (Lipinski definition) is 6. The second-order valence-corrected chi connectivity index (χ2v) is 8.22. The molecule has 0 fully saturated rings. The Hall–Kier alpha value is -4.04. The van der Waals surface area contributed by atoms with Crippen molar-refractivity contribution in [2.75, 3.05) is 0 Å². The molecule has 8 heteroatoms. The van der Waals surface area contributed by atoms with Crippen LogP contribution >= 0.6 is 11.8 Å². The maximum Gasteiger partial charge on any atom is 0.270 e. The summed E-state index contributed by atoms with van der Waals surface area (Å²) in [6.45, 7) is 4.20. The van der Waals surface area contributed by atoms with Gasteiger partial charge < -0.3 is 0 Å². The van der Waals surface area contributed by atoms with E-state index >= 15 is 0 Å². The lowest BCUT2D eigenvalue weighted by atomic mass is 10.0. The van der Waals surface area contributed by atoms with Crippen LogP contribution in [0.15, 0.2) is 103 Å². The maximum atomic E-state index is 13.4. The third kappa shape index (κ3) is 4.91. The van der Waals surface area contributed by atoms with E-state index in [9.17, 15) is 14.9 Å². The summed E-state index contributed by atoms with van der Waals surface area (Å²) >= 11 is 1.30. The normalized spacial score (nSPS) is 11.6. The minimum Gasteiger partial charge on any atom is -0.298 e. The van der Waals surface area contributed by atoms with Gasteiger partial charge in [0.15, 0.2) is 16.8 Å². The molecule has 4 rings (SSSR count). The smallest absolute Gasteiger partial charge is 0.270 e. The topological polar surface area (TPSA) is 90.9 Å². The Labute approximate surface area is 195 Å². The van der Waals surface area contributed by atoms with Crippen molar-refractivity contribution in [1.82, 2.24) is 14.8 Å². The van der Waals surface area contributed by atoms with Gasteiger partial charge in [0, 0.05) is 29.8 Å². The van der Waals surface area contributed by atoms with Crippen LogP contribution in [0.5, 0.6) is 0 Å². The maximum absolute atomic E-state index is 13.4. The van der Waals surface area contributed by atoms with Gasteiger partial charge in [-0.1, -0.05) is 90.6 Å². The fourth-order valence-electron chi connectivity index (χ4n) is 3.40. The van der Waals surface area contributed by atoms with Crippen LogP contribution in [0, 0.1) is 10.1 Å². The predicted octanol–water partition coefficient (Wildman–Crippen LogP) is 5.76. The molecule has 0 saturated carbocycles. The van der Waals surface area contributed by atoms with Crippen molar-refractivity contribution >= 4 is 23.2 Å². The van der Waals surface area contributed by atoms with Gasteiger partial charge in [-0.15, -0.1) is 16.8 Å². The minimum absolute atomic E-state index is 0.0312. The van der Waals surface area contributed by atoms with Gasteiger partial charge in [0.2, 0.25) is 0 Å². The highest BCUT2D eigenvalue weighted by Crippen LogP contribution is 2.38. The molecule has 33 heavy (non-hydrogen) atoms. The fourth-order valence-corrected chi connectivity index (χ4v) is 4.53. The van der Waals surface area contributed by atoms with Gasteiger partial charge in [0.05, 0.1) is 4.92 Å². The number of nitrogens with zero attached hydrogens (tertiary/aromatic N) is 4. The van der Waals surface area contributed by atoms with Crippen molar-refractivity contribution in [3.05, 3.63) is 119 Å². The third-order valence-corrected chi connectivity index (χ3v) is 6.20. The van der Waals surface area contributed by atoms with E-state index in [1.165, 1.54) is 23.9 Å². The largest absolute Gasteiger partial charge is 0.298 e. The number of hydrogen-bond donors (Lipinski definition) is 0. The molecule has 0 aliphatic carbocycles. The molecule has 164 valence electrons. The Morgan fingerprint density at radius 1 is 1.03 bits per heavy atom. The third-order valence-electron chi connectivity index (χ3n) is 4.97. The molecule has 0 unspecified atom stereocenters. The lowest BCUT2D eigenvalue weighted by Crippen LogP contribution is -2.11. The number of benzene rings is 3. The van der Waals surface area contributed by atoms with Gasteiger partial charge in [-0.2, -0.15) is 0 Å². The molecule has 0 N–H and O–H groups in total. The number of nitro benzene ring substituents is 1. The van der Waals surface area contributed by atoms with Gasteiger partial charge in [0.1, 0.15) is 5.25 Å². The molecule has 0 bridgehead atoms. The predicted molar refractivity (Wildman–Crippen MR) is 128 cm³/mol. The quantitative estimate of drug-likeness (QED) is 0.105. The van der Waals surface area contributed by atoms with Crippen molar-refractivity contribution in [1.29, 1.82) is 0 Å². The molecule has 3 aromatic carbocycles. The van der Waals surface area contributed by atoms with Crippen molar-refractivity contribution in [3.63, 3.8) is 0 Å². The first kappa shape index (κ1) is 22.2. The second kappa shape index (κ2) is 10.1. The summed E-state index contributed by atoms with van der Waals surface area (Å²) in [6, 6.07) is 24.9. The molecule has 0 spiro atoms. The van der Waals surface area contributed by atoms with Gasteiger partial charge in [-0.3, -0.25) is 19.5 Å². The highest BCUT2D eigenvalue weighted by molar-refractivity contribution is 8.00. The first-order chi connectivity index (χ1) is 16.1. The number of nitro groups is 1. The monoisotopic (exact) mass is 456 g/mol. The van der Waals surface area contributed by atoms with Gasteiger partial charge in [-0.25, -0.2) is 0 Å². The Bertz CT molecular complexity index is 1290. The molecule has 1 aromatic heterocycles. The molecule has 1 heterocycles. The highest BCUT2D eigenvalue weighted by atomic mass is 32.2. The van der Waals surface area contributed by atoms with E-state index < -0.39 is 10.2 Å². The molecule has 0 radical (unpaired) electrons. The minimum atomic E-state index is -0.542. The molecular formula is C25H20N4O3S. The van der Waals surface area contributed by atoms with E-state index in [0.717, 1.165) is 5.56 Å². The number of non-ortho nitro benzene ring substituents is 1. The molecule has 7 nitrogen and oxygen atoms in total. The Morgan fingerprint density at radius 2 is 1.73 bits per heavy atom. The number of thioether (sulfide) groups is 1. The van der Waals surface area contributed by atoms with Crippen LogP contribution in [-0.4, -0.2) is 25.5 Å². The van der Waals surface area contributed by atoms with E-state index in [0.29, 0.717) is 28.7 Å². The van der Waals surface area contributed by atoms with Crippen LogP contribution in [0.25, 0.3) is 11.4 Å². The fraction of sp³-hybridized carbons (Fsp3) is 0.0800. The number of ketones is 1. The summed E-state index contributed by atoms with van der Waals surface area (Å²) in [7, 11) is 0. The Kier molecular flexibility index (Phi) is 6.75. The van der Waals surface area contributed by atoms with Gasteiger partial charge in [-0.05, 0) is 5.56 Å². The zero-order valence-electron chi connectivity index (χ0n) is 17.6. The van der Waals surface area contributed by atoms with Crippen molar-refractivity contribution in [2.45, 2.75) is 17.0 Å². The van der Waals surface area contributed by atoms with E-state index in [2.05, 4.69) is 16.8 Å². The summed E-state index contributed by atoms with van der Waals surface area (Å²) in [6.07, 6.45) is 1.70. The number of Topliss-reactive ketones (excluding diaryl/α,β-unsaturated/α-hetero) is 1. The second-order valence-electron chi connectivity index (χ2n) is 7.15. The van der Waals surface area contributed by atoms with E-state index in [4.69, 9.17) is 0 Å². The zero-order chi connectivity index (χ0) is 23.2. The van der Waals surface area contributed by atoms with Crippen LogP contribution in [0.2, 0.25) is 0 Å². The van der Waals surface area contributed by atoms with Crippen molar-refractivity contribution < 1.29 is 9.72 Å². The highest BCUT2D eigenvalue weighted by Gasteiger charge is 2.27. The standard InChI is InChI=1S/C25H20N4O3S/c1-2-16-28-24(20-14-9-15-21(17-20)29(31)32)26-27-25(28)33-23(19-12-7-4-8-13-19)22(30)18-10-5-3-6-11-18/h2-15,17,23H,1,16H2/t23-/m0/s1. The summed E-state index contributed by atoms with van der Waals surface area (Å²) < 4.78 is 1.81. The zero-order valence-corrected chi connectivity index (χ0v) is 18.4. The number of rotatable bonds is 9. The van der Waals surface area contributed by atoms with Crippen molar-refractivity contribution in [3.8, 4) is 11.4 Å². The lowest BCUT2D eigenvalue weighted by Gasteiger charge is -2.16. The number of allylic oxidation sites excluding steroid dienone is 1. The van der Waals surface area contributed by atoms with Crippen LogP contribution in [0.4, 0.5) is 5.69 Å². The van der Waals surface area contributed by atoms with Crippen LogP contribution in [-0.2, 0) is 6.54 Å². The van der Waals surface area contributed by atoms with Crippen molar-refractivity contribution in [2.24, 2.45) is 0 Å². The number of carbonyl (C=O) groups is 1. The summed E-state index contributed by atoms with van der Waals surface area (Å²) in [4.78, 5) is 24.2. The summed E-state index contributed by atoms with van der Waals surface area (Å²) in [5.41, 5.74) is 1.99. The number of carbonyl (C=O) groups excluding carboxylic acids is 1. The molecular weight excluding hydrogens is 436 g/mol. The van der Waals surface area contributed by atoms with Crippen LogP contribution < -0.4 is 0 Å². The summed E-state index contributed by atoms with van der Waals surface area (Å²) in [5, 5.41) is 19.8. The molecule has 0 saturated heterocycles. The Balaban J connectivity index is 1.75. The molecule has 4 aromatic rings. The van der Waals surface area contributed by atoms with Gasteiger partial charge >= 0.3 is 0 Å². The van der Waals surface area contributed by atoms with E-state index in [1.807, 2.05) is 53.1 Å². The van der Waals surface area contributed by atoms with E-state index in [1.54, 1.807) is 30.3 Å². The average molecular weight is 457 g/mol. The molecule has 0 aliphatic rings. The van der Waals surface area contributed by atoms with Crippen LogP contribution in [0.1, 0.15) is 21.2 Å². The molecule has 0 amide bonds. The molecule has 0 aliphatic heterocycles. The van der Waals surface area contributed by atoms with Crippen LogP contribution in [0.3, 0.4) is 0 Å². The lowest BCUT2D eigenvalue weighted by molar-refractivity contribution is -0.384. The first-order valence-electron chi connectivity index (χ1n) is 10.2. The van der Waals surface area contributed by atoms with Gasteiger partial charge in [0.25, 0.3) is 5.69 Å². The molecule has 1 atom stereocenters. The SMILES string of the molecule is C=CCn1c(S[C@H](C(=O)c2ccccc2)c2ccccc2)nnc1-c1cccc([N+](=O)[O-])c1.